The zero-order chi connectivity index (χ0) is 23.2. The Morgan fingerprint density at radius 1 is 0.848 bits per heavy atom. The maximum atomic E-state index is 12.6. The highest BCUT2D eigenvalue weighted by Gasteiger charge is 2.11. The third-order valence-electron chi connectivity index (χ3n) is 5.17. The van der Waals surface area contributed by atoms with Crippen LogP contribution in [-0.2, 0) is 13.0 Å². The minimum atomic E-state index is -0.713. The van der Waals surface area contributed by atoms with Gasteiger partial charge < -0.3 is 16.8 Å². The number of primary amides is 1. The van der Waals surface area contributed by atoms with Crippen molar-refractivity contribution in [3.05, 3.63) is 113 Å². The summed E-state index contributed by atoms with van der Waals surface area (Å²) in [5.74, 6) is -0.842. The van der Waals surface area contributed by atoms with Gasteiger partial charge in [-0.3, -0.25) is 9.59 Å². The maximum Gasteiger partial charge on any atom is 0.271 e. The summed E-state index contributed by atoms with van der Waals surface area (Å²) in [4.78, 5) is 32.2. The fourth-order valence-corrected chi connectivity index (χ4v) is 3.49. The summed E-state index contributed by atoms with van der Waals surface area (Å²) in [5.41, 5.74) is 16.2. The van der Waals surface area contributed by atoms with Crippen molar-refractivity contribution >= 4 is 17.6 Å². The van der Waals surface area contributed by atoms with Gasteiger partial charge in [-0.05, 0) is 34.4 Å². The molecule has 4 aromatic rings. The lowest BCUT2D eigenvalue weighted by Gasteiger charge is -2.09. The topological polar surface area (TPSA) is 124 Å². The zero-order valence-corrected chi connectivity index (χ0v) is 17.9. The fourth-order valence-electron chi connectivity index (χ4n) is 3.49. The fraction of sp³-hybridized carbons (Fsp3) is 0.0769. The first-order valence-electron chi connectivity index (χ1n) is 10.4. The van der Waals surface area contributed by atoms with Crippen molar-refractivity contribution in [3.63, 3.8) is 0 Å². The van der Waals surface area contributed by atoms with Gasteiger partial charge in [0.25, 0.3) is 11.8 Å². The van der Waals surface area contributed by atoms with Crippen molar-refractivity contribution in [3.8, 4) is 11.1 Å². The Bertz CT molecular complexity index is 1290. The first-order chi connectivity index (χ1) is 16.0. The molecular weight excluding hydrogens is 414 g/mol. The predicted molar refractivity (Wildman–Crippen MR) is 127 cm³/mol. The quantitative estimate of drug-likeness (QED) is 0.409. The van der Waals surface area contributed by atoms with E-state index in [1.807, 2.05) is 78.9 Å². The average Bonchev–Trinajstić information content (AvgIpc) is 2.84. The van der Waals surface area contributed by atoms with Crippen LogP contribution in [0.5, 0.6) is 0 Å². The molecule has 7 heteroatoms. The van der Waals surface area contributed by atoms with Crippen LogP contribution in [0, 0.1) is 0 Å². The van der Waals surface area contributed by atoms with Crippen LogP contribution in [0.25, 0.3) is 11.1 Å². The van der Waals surface area contributed by atoms with Crippen molar-refractivity contribution in [1.29, 1.82) is 0 Å². The van der Waals surface area contributed by atoms with E-state index in [-0.39, 0.29) is 17.4 Å². The first kappa shape index (κ1) is 21.7. The van der Waals surface area contributed by atoms with Gasteiger partial charge in [-0.1, -0.05) is 66.7 Å². The summed E-state index contributed by atoms with van der Waals surface area (Å²) in [6, 6.07) is 25.3. The lowest BCUT2D eigenvalue weighted by Crippen LogP contribution is -2.22. The number of benzene rings is 3. The van der Waals surface area contributed by atoms with Gasteiger partial charge in [0.05, 0.1) is 11.9 Å². The van der Waals surface area contributed by atoms with Gasteiger partial charge in [0.15, 0.2) is 11.5 Å². The summed E-state index contributed by atoms with van der Waals surface area (Å²) in [6.45, 7) is 0.382. The molecule has 2 amide bonds. The summed E-state index contributed by atoms with van der Waals surface area (Å²) in [7, 11) is 0. The number of carbonyl (C=O) groups is 2. The van der Waals surface area contributed by atoms with E-state index in [2.05, 4.69) is 15.3 Å². The molecule has 0 saturated heterocycles. The maximum absolute atomic E-state index is 12.6. The zero-order valence-electron chi connectivity index (χ0n) is 17.9. The Kier molecular flexibility index (Phi) is 6.40. The first-order valence-corrected chi connectivity index (χ1v) is 10.4. The van der Waals surface area contributed by atoms with Crippen molar-refractivity contribution in [1.82, 2.24) is 15.3 Å². The number of nitrogens with zero attached hydrogens (tertiary/aromatic N) is 2. The standard InChI is InChI=1S/C26H23N5O2/c27-24-23(25(28)32)31-22(16-29-24)14-17-5-4-6-18(13-17)15-30-26(33)21-11-9-20(10-12-21)19-7-2-1-3-8-19/h1-13,16H,14-15H2,(H2,27,29)(H2,28,32)(H,30,33). The second-order valence-electron chi connectivity index (χ2n) is 7.58. The molecule has 0 aliphatic heterocycles. The Balaban J connectivity index is 1.39. The largest absolute Gasteiger partial charge is 0.382 e. The molecular formula is C26H23N5O2. The number of carbonyl (C=O) groups excluding carboxylic acids is 2. The van der Waals surface area contributed by atoms with Crippen molar-refractivity contribution in [2.45, 2.75) is 13.0 Å². The number of nitrogens with two attached hydrogens (primary N) is 2. The van der Waals surface area contributed by atoms with Crippen LogP contribution in [0.4, 0.5) is 5.82 Å². The molecule has 7 nitrogen and oxygen atoms in total. The van der Waals surface area contributed by atoms with Crippen LogP contribution in [0.15, 0.2) is 85.1 Å². The van der Waals surface area contributed by atoms with E-state index in [0.717, 1.165) is 22.3 Å². The number of nitrogens with one attached hydrogen (secondary N) is 1. The third kappa shape index (κ3) is 5.40. The van der Waals surface area contributed by atoms with Crippen molar-refractivity contribution in [2.24, 2.45) is 5.73 Å². The summed E-state index contributed by atoms with van der Waals surface area (Å²) in [5, 5.41) is 2.95. The lowest BCUT2D eigenvalue weighted by atomic mass is 10.0. The number of amides is 2. The highest BCUT2D eigenvalue weighted by atomic mass is 16.2. The molecule has 0 aliphatic rings. The predicted octanol–water partition coefficient (Wildman–Crippen LogP) is 3.35. The smallest absolute Gasteiger partial charge is 0.271 e. The second-order valence-corrected chi connectivity index (χ2v) is 7.58. The number of anilines is 1. The SMILES string of the molecule is NC(=O)c1nc(Cc2cccc(CNC(=O)c3ccc(-c4ccccc4)cc3)c2)cnc1N. The summed E-state index contributed by atoms with van der Waals surface area (Å²) in [6.07, 6.45) is 1.98. The minimum Gasteiger partial charge on any atom is -0.382 e. The Hall–Kier alpha value is -4.52. The molecule has 0 bridgehead atoms. The number of nitrogen functional groups attached to an aromatic ring is 1. The molecule has 3 aromatic carbocycles. The van der Waals surface area contributed by atoms with E-state index in [0.29, 0.717) is 24.2 Å². The van der Waals surface area contributed by atoms with Crippen LogP contribution in [-0.4, -0.2) is 21.8 Å². The molecule has 164 valence electrons. The van der Waals surface area contributed by atoms with Gasteiger partial charge in [0.1, 0.15) is 0 Å². The molecule has 0 saturated carbocycles. The molecule has 0 unspecified atom stereocenters. The van der Waals surface area contributed by atoms with E-state index in [4.69, 9.17) is 11.5 Å². The Morgan fingerprint density at radius 3 is 2.27 bits per heavy atom. The number of rotatable bonds is 7. The Morgan fingerprint density at radius 2 is 1.55 bits per heavy atom. The van der Waals surface area contributed by atoms with E-state index in [9.17, 15) is 9.59 Å². The van der Waals surface area contributed by atoms with Crippen LogP contribution in [0.2, 0.25) is 0 Å². The van der Waals surface area contributed by atoms with Gasteiger partial charge in [-0.25, -0.2) is 9.97 Å². The number of hydrogen-bond donors (Lipinski definition) is 3. The molecule has 1 heterocycles. The van der Waals surface area contributed by atoms with Crippen LogP contribution >= 0.6 is 0 Å². The van der Waals surface area contributed by atoms with Crippen LogP contribution < -0.4 is 16.8 Å². The molecule has 0 fully saturated rings. The van der Waals surface area contributed by atoms with Crippen LogP contribution in [0.1, 0.15) is 37.7 Å². The average molecular weight is 438 g/mol. The van der Waals surface area contributed by atoms with Crippen molar-refractivity contribution in [2.75, 3.05) is 5.73 Å². The summed E-state index contributed by atoms with van der Waals surface area (Å²) < 4.78 is 0. The van der Waals surface area contributed by atoms with Gasteiger partial charge in [0, 0.05) is 18.5 Å². The second kappa shape index (κ2) is 9.74. The molecule has 0 aliphatic carbocycles. The van der Waals surface area contributed by atoms with E-state index >= 15 is 0 Å². The minimum absolute atomic E-state index is 0.0134. The highest BCUT2D eigenvalue weighted by Crippen LogP contribution is 2.19. The van der Waals surface area contributed by atoms with Gasteiger partial charge in [-0.2, -0.15) is 0 Å². The normalized spacial score (nSPS) is 10.5. The van der Waals surface area contributed by atoms with E-state index < -0.39 is 5.91 Å². The monoisotopic (exact) mass is 437 g/mol. The molecule has 33 heavy (non-hydrogen) atoms. The summed E-state index contributed by atoms with van der Waals surface area (Å²) >= 11 is 0. The van der Waals surface area contributed by atoms with Gasteiger partial charge >= 0.3 is 0 Å². The molecule has 4 rings (SSSR count). The van der Waals surface area contributed by atoms with Gasteiger partial charge in [0.2, 0.25) is 0 Å². The molecule has 0 spiro atoms. The lowest BCUT2D eigenvalue weighted by molar-refractivity contribution is 0.0949. The highest BCUT2D eigenvalue weighted by molar-refractivity contribution is 5.95. The van der Waals surface area contributed by atoms with Crippen LogP contribution in [0.3, 0.4) is 0 Å². The molecule has 0 radical (unpaired) electrons. The molecule has 1 aromatic heterocycles. The Labute approximate surface area is 191 Å². The van der Waals surface area contributed by atoms with E-state index in [1.54, 1.807) is 0 Å². The third-order valence-corrected chi connectivity index (χ3v) is 5.17. The van der Waals surface area contributed by atoms with Crippen molar-refractivity contribution < 1.29 is 9.59 Å². The molecule has 0 atom stereocenters. The van der Waals surface area contributed by atoms with E-state index in [1.165, 1.54) is 6.20 Å². The number of aromatic nitrogens is 2. The number of hydrogen-bond acceptors (Lipinski definition) is 5. The van der Waals surface area contributed by atoms with Gasteiger partial charge in [-0.15, -0.1) is 0 Å². The molecule has 5 N–H and O–H groups in total.